The van der Waals surface area contributed by atoms with Crippen LogP contribution >= 0.6 is 0 Å². The summed E-state index contributed by atoms with van der Waals surface area (Å²) < 4.78 is 103. The van der Waals surface area contributed by atoms with Crippen molar-refractivity contribution in [2.45, 2.75) is 293 Å². The molecule has 5 heterocycles. The number of rotatable bonds is 16. The first-order valence-electron chi connectivity index (χ1n) is 30.1. The number of ether oxygens (including phenoxy) is 10. The van der Waals surface area contributed by atoms with Crippen molar-refractivity contribution in [3.8, 4) is 0 Å². The van der Waals surface area contributed by atoms with Crippen molar-refractivity contribution in [3.63, 3.8) is 0 Å². The molecule has 33 atom stereocenters. The fourth-order valence-electron chi connectivity index (χ4n) is 15.7. The average Bonchev–Trinajstić information content (AvgIpc) is 1.73. The van der Waals surface area contributed by atoms with E-state index in [2.05, 4.69) is 19.9 Å². The van der Waals surface area contributed by atoms with E-state index >= 15 is 0 Å². The van der Waals surface area contributed by atoms with Crippen LogP contribution in [0, 0.1) is 34.5 Å². The van der Waals surface area contributed by atoms with E-state index in [1.54, 1.807) is 13.8 Å². The van der Waals surface area contributed by atoms with Gasteiger partial charge in [0, 0.05) is 6.42 Å². The molecule has 27 nitrogen and oxygen atoms in total. The molecule has 29 heteroatoms. The second-order valence-corrected chi connectivity index (χ2v) is 27.8. The third-order valence-corrected chi connectivity index (χ3v) is 21.4. The molecule has 0 aromatic carbocycles. The van der Waals surface area contributed by atoms with E-state index in [0.29, 0.717) is 31.3 Å². The Morgan fingerprint density at radius 3 is 1.70 bits per heavy atom. The van der Waals surface area contributed by atoms with Gasteiger partial charge in [-0.2, -0.15) is 0 Å². The monoisotopic (exact) mass is 1270 g/mol. The summed E-state index contributed by atoms with van der Waals surface area (Å²) in [7, 11) is -5.14. The molecule has 9 rings (SSSR count). The summed E-state index contributed by atoms with van der Waals surface area (Å²) in [4.78, 5) is 27.9. The van der Waals surface area contributed by atoms with Gasteiger partial charge < -0.3 is 108 Å². The fourth-order valence-corrected chi connectivity index (χ4v) is 16.2. The molecule has 8 fully saturated rings. The Bertz CT molecular complexity index is 2610. The number of carbonyl (C=O) groups is 2. The molecule has 0 amide bonds. The maximum atomic E-state index is 14.4. The number of fused-ring (bicyclic) bond motifs is 5. The Morgan fingerprint density at radius 1 is 0.632 bits per heavy atom. The molecule has 11 N–H and O–H groups in total. The maximum Gasteiger partial charge on any atom is 1.00 e. The number of hydrogen-bond acceptors (Lipinski definition) is 27. The SMILES string of the molecule is CC(C)=C(C)C(=O)C[C@](C)(O)[C@H]1CC[C@H]2[C@@H]3C[C@H](O[C@@H]4O[C@H](C)C(=O)[C@H](O[C@@H]5O[C@H](C)[C@@H](O[C@@H]6O[C@H](C)[C@H](O)[C@H](O)[C@H]6O[C@@H]6O[C@H](C)[C@H](O)[C@H](O)[C@H]6O)[C@H](O)[C@H]5O[C@@H]5O[C@H](C)[C@@H](O)[C@H](O)[C@H]5O)[C@H]4O)[C@H]4C[C@@H](OS(=O)(=O)[O-])CC[C@]4(C)C3=CC[C@@]21C.[Na+]. The van der Waals surface area contributed by atoms with Gasteiger partial charge in [-0.1, -0.05) is 31.1 Å². The van der Waals surface area contributed by atoms with Gasteiger partial charge in [0.2, 0.25) is 10.4 Å². The first-order chi connectivity index (χ1) is 40.0. The molecule has 5 saturated heterocycles. The van der Waals surface area contributed by atoms with Crippen molar-refractivity contribution >= 4 is 22.0 Å². The van der Waals surface area contributed by atoms with Crippen LogP contribution in [0.4, 0.5) is 0 Å². The average molecular weight is 1280 g/mol. The van der Waals surface area contributed by atoms with Crippen LogP contribution in [-0.4, -0.2) is 246 Å². The Labute approximate surface area is 529 Å². The zero-order valence-corrected chi connectivity index (χ0v) is 54.2. The first-order valence-corrected chi connectivity index (χ1v) is 31.5. The molecule has 0 aromatic rings. The minimum absolute atomic E-state index is 0. The number of aliphatic hydroxyl groups is 11. The number of ketones is 2. The molecule has 3 saturated carbocycles. The summed E-state index contributed by atoms with van der Waals surface area (Å²) in [5.41, 5.74) is 0.0303. The second-order valence-electron chi connectivity index (χ2n) is 26.8. The van der Waals surface area contributed by atoms with E-state index in [1.807, 2.05) is 13.8 Å². The van der Waals surface area contributed by atoms with Crippen LogP contribution < -0.4 is 29.6 Å². The van der Waals surface area contributed by atoms with E-state index in [4.69, 9.17) is 51.6 Å². The van der Waals surface area contributed by atoms with Crippen LogP contribution in [0.15, 0.2) is 22.8 Å². The van der Waals surface area contributed by atoms with E-state index in [-0.39, 0.29) is 78.8 Å². The number of allylic oxidation sites excluding steroid dienone is 4. The number of aliphatic hydroxyl groups excluding tert-OH is 10. The van der Waals surface area contributed by atoms with Crippen molar-refractivity contribution < 1.29 is 160 Å². The summed E-state index contributed by atoms with van der Waals surface area (Å²) in [6.45, 7) is 18.3. The van der Waals surface area contributed by atoms with E-state index in [1.165, 1.54) is 34.6 Å². The molecular formula is C58H91NaO27S. The summed E-state index contributed by atoms with van der Waals surface area (Å²) >= 11 is 0. The van der Waals surface area contributed by atoms with Gasteiger partial charge in [-0.3, -0.25) is 13.8 Å². The fraction of sp³-hybridized carbons (Fsp3) is 0.897. The van der Waals surface area contributed by atoms with Gasteiger partial charge in [0.15, 0.2) is 49.1 Å². The minimum Gasteiger partial charge on any atom is -0.726 e. The van der Waals surface area contributed by atoms with Crippen LogP contribution in [0.5, 0.6) is 0 Å². The van der Waals surface area contributed by atoms with Gasteiger partial charge in [-0.15, -0.1) is 0 Å². The zero-order valence-electron chi connectivity index (χ0n) is 51.4. The molecule has 0 bridgehead atoms. The smallest absolute Gasteiger partial charge is 0.726 e. The molecule has 0 spiro atoms. The van der Waals surface area contributed by atoms with Gasteiger partial charge in [-0.05, 0) is 147 Å². The van der Waals surface area contributed by atoms with Crippen LogP contribution in [0.3, 0.4) is 0 Å². The number of hydrogen-bond donors (Lipinski definition) is 11. The minimum atomic E-state index is -5.14. The van der Waals surface area contributed by atoms with Crippen LogP contribution in [-0.2, 0) is 71.5 Å². The van der Waals surface area contributed by atoms with Crippen LogP contribution in [0.25, 0.3) is 0 Å². The Balaban J connectivity index is 0.00000982. The van der Waals surface area contributed by atoms with Gasteiger partial charge in [-0.25, -0.2) is 8.42 Å². The molecule has 5 aliphatic heterocycles. The Morgan fingerprint density at radius 2 is 1.14 bits per heavy atom. The van der Waals surface area contributed by atoms with Crippen LogP contribution in [0.1, 0.15) is 128 Å². The summed E-state index contributed by atoms with van der Waals surface area (Å²) in [6.07, 6.45) is -37.1. The van der Waals surface area contributed by atoms with Crippen molar-refractivity contribution in [1.82, 2.24) is 0 Å². The second kappa shape index (κ2) is 27.3. The zero-order chi connectivity index (χ0) is 63.3. The normalized spacial score (nSPS) is 50.1. The molecule has 87 heavy (non-hydrogen) atoms. The number of Topliss-reactive ketones (excluding diaryl/α,β-unsaturated/α-hetero) is 2. The van der Waals surface area contributed by atoms with Gasteiger partial charge in [0.1, 0.15) is 85.5 Å². The molecule has 0 unspecified atom stereocenters. The van der Waals surface area contributed by atoms with Gasteiger partial charge >= 0.3 is 29.6 Å². The molecular weight excluding hydrogens is 1180 g/mol. The number of carbonyl (C=O) groups excluding carboxylic acids is 2. The largest absolute Gasteiger partial charge is 1.00 e. The predicted molar refractivity (Wildman–Crippen MR) is 291 cm³/mol. The van der Waals surface area contributed by atoms with Crippen molar-refractivity contribution in [2.75, 3.05) is 0 Å². The van der Waals surface area contributed by atoms with Gasteiger partial charge in [0.05, 0.1) is 42.2 Å². The molecule has 492 valence electrons. The van der Waals surface area contributed by atoms with Crippen molar-refractivity contribution in [2.24, 2.45) is 34.5 Å². The topological polar surface area (TPSA) is 415 Å². The Hall–Kier alpha value is -1.15. The third kappa shape index (κ3) is 14.0. The predicted octanol–water partition coefficient (Wildman–Crippen LogP) is -4.08. The quantitative estimate of drug-likeness (QED) is 0.0230. The standard InChI is InChI=1S/C58H92O27S.Na/c1-21(2)22(3)33(59)20-58(11,71)35-13-12-30-29-19-34(32-18-28(85-86(72,73)74)14-16-56(32,9)31(29)15-17-57(30,35)10)80-53-46(70)48(39(63)26(7)77-53)82-55-50(84-52-44(68)41(65)37(61)24(5)76-52)45(69)47(27(8)79-55)81-54-49(42(66)38(62)25(6)78-54)83-51-43(67)40(64)36(60)23(4)75-51;/h15,23-30,32,34-38,40-55,60-62,64-71H,12-14,16-20H2,1-11H3,(H,72,73,74);/q;+1/p-1/t23-,24-,25-,26-,27-,28+,29+,30+,32-,34+,35+,36+,37-,38+,40+,41+,42+,43-,44-,45+,46-,47-,48+,49-,50-,51+,52+,53+,54+,55+,56-,57+,58+;/m1./s1. The summed E-state index contributed by atoms with van der Waals surface area (Å²) in [6, 6.07) is 0. The molecule has 9 aliphatic rings. The first kappa shape index (κ1) is 71.7. The van der Waals surface area contributed by atoms with Gasteiger partial charge in [0.25, 0.3) is 0 Å². The molecule has 4 aliphatic carbocycles. The third-order valence-electron chi connectivity index (χ3n) is 20.9. The van der Waals surface area contributed by atoms with Crippen molar-refractivity contribution in [3.05, 3.63) is 22.8 Å². The molecule has 0 aromatic heterocycles. The van der Waals surface area contributed by atoms with E-state index < -0.39 is 198 Å². The molecule has 0 radical (unpaired) electrons. The summed E-state index contributed by atoms with van der Waals surface area (Å²) in [5, 5.41) is 124. The van der Waals surface area contributed by atoms with E-state index in [0.717, 1.165) is 11.1 Å². The maximum absolute atomic E-state index is 14.4. The Kier molecular flexibility index (Phi) is 22.5. The van der Waals surface area contributed by atoms with E-state index in [9.17, 15) is 78.7 Å². The summed E-state index contributed by atoms with van der Waals surface area (Å²) in [5.74, 6) is -2.03. The van der Waals surface area contributed by atoms with Crippen LogP contribution in [0.2, 0.25) is 0 Å². The van der Waals surface area contributed by atoms with Crippen molar-refractivity contribution in [1.29, 1.82) is 0 Å².